The molecular formula is C32H42N8O2. The van der Waals surface area contributed by atoms with E-state index >= 15 is 0 Å². The normalized spacial score (nSPS) is 17.7. The van der Waals surface area contributed by atoms with E-state index in [0.29, 0.717) is 40.5 Å². The molecule has 2 fully saturated rings. The zero-order chi connectivity index (χ0) is 29.5. The number of aliphatic hydroxyl groups is 1. The van der Waals surface area contributed by atoms with Crippen molar-refractivity contribution in [3.63, 3.8) is 0 Å². The highest BCUT2D eigenvalue weighted by molar-refractivity contribution is 5.77. The summed E-state index contributed by atoms with van der Waals surface area (Å²) in [7, 11) is 2.23. The van der Waals surface area contributed by atoms with Gasteiger partial charge in [0.2, 0.25) is 5.95 Å². The number of rotatable bonds is 7. The Hall–Kier alpha value is -3.76. The molecule has 3 aromatic heterocycles. The number of pyridine rings is 1. The number of benzene rings is 1. The van der Waals surface area contributed by atoms with Gasteiger partial charge in [-0.15, -0.1) is 0 Å². The topological polar surface area (TPSA) is 104 Å². The molecule has 2 saturated heterocycles. The second kappa shape index (κ2) is 11.1. The first-order chi connectivity index (χ1) is 20.2. The fourth-order valence-electron chi connectivity index (χ4n) is 6.33. The monoisotopic (exact) mass is 570 g/mol. The first kappa shape index (κ1) is 28.4. The van der Waals surface area contributed by atoms with Crippen LogP contribution in [0.5, 0.6) is 0 Å². The van der Waals surface area contributed by atoms with Gasteiger partial charge in [-0.25, -0.2) is 19.3 Å². The van der Waals surface area contributed by atoms with Gasteiger partial charge in [-0.05, 0) is 108 Å². The molecule has 0 bridgehead atoms. The van der Waals surface area contributed by atoms with E-state index < -0.39 is 5.60 Å². The summed E-state index contributed by atoms with van der Waals surface area (Å²) in [4.78, 5) is 32.2. The lowest BCUT2D eigenvalue weighted by Crippen LogP contribution is -2.46. The summed E-state index contributed by atoms with van der Waals surface area (Å²) in [5.74, 6) is 0.922. The Bertz CT molecular complexity index is 1600. The lowest BCUT2D eigenvalue weighted by Gasteiger charge is -2.46. The van der Waals surface area contributed by atoms with E-state index in [1.54, 1.807) is 35.5 Å². The van der Waals surface area contributed by atoms with E-state index in [1.165, 1.54) is 44.5 Å². The maximum absolute atomic E-state index is 13.3. The van der Waals surface area contributed by atoms with Gasteiger partial charge in [0.25, 0.3) is 5.56 Å². The second-order valence-corrected chi connectivity index (χ2v) is 12.6. The molecule has 2 aliphatic heterocycles. The van der Waals surface area contributed by atoms with Gasteiger partial charge in [0.1, 0.15) is 11.0 Å². The van der Waals surface area contributed by atoms with Crippen LogP contribution < -0.4 is 15.8 Å². The molecule has 2 N–H and O–H groups in total. The average molecular weight is 571 g/mol. The van der Waals surface area contributed by atoms with Gasteiger partial charge in [0.15, 0.2) is 11.5 Å². The zero-order valence-electron chi connectivity index (χ0n) is 25.2. The van der Waals surface area contributed by atoms with Crippen LogP contribution in [0.1, 0.15) is 58.6 Å². The van der Waals surface area contributed by atoms with Crippen molar-refractivity contribution >= 4 is 28.4 Å². The standard InChI is InChI=1S/C32H42N8O2/c1-5-17-39-29(41)25-22-33-30(36-28(25)40(39)27-8-6-7-26(35-27)31(2,3)42)34-23-9-11-24(12-10-23)38-20-15-32(16-21-38)13-18-37(4)19-14-32/h6-12,22,42H,5,13-21H2,1-4H3,(H,33,34,36). The highest BCUT2D eigenvalue weighted by Crippen LogP contribution is 2.42. The molecule has 2 aliphatic rings. The van der Waals surface area contributed by atoms with Crippen LogP contribution in [0, 0.1) is 5.41 Å². The summed E-state index contributed by atoms with van der Waals surface area (Å²) in [6, 6.07) is 13.9. The third-order valence-corrected chi connectivity index (χ3v) is 9.05. The van der Waals surface area contributed by atoms with Crippen LogP contribution in [0.4, 0.5) is 17.3 Å². The van der Waals surface area contributed by atoms with E-state index in [2.05, 4.69) is 56.4 Å². The molecule has 6 rings (SSSR count). The Balaban J connectivity index is 1.23. The smallest absolute Gasteiger partial charge is 0.278 e. The molecule has 5 heterocycles. The molecule has 10 heteroatoms. The molecule has 0 atom stereocenters. The fraction of sp³-hybridized carbons (Fsp3) is 0.500. The van der Waals surface area contributed by atoms with Gasteiger partial charge >= 0.3 is 0 Å². The van der Waals surface area contributed by atoms with Crippen molar-refractivity contribution in [2.75, 3.05) is 43.4 Å². The highest BCUT2D eigenvalue weighted by atomic mass is 16.3. The Morgan fingerprint density at radius 3 is 2.33 bits per heavy atom. The molecule has 0 saturated carbocycles. The van der Waals surface area contributed by atoms with Crippen molar-refractivity contribution in [3.05, 3.63) is 64.7 Å². The molecule has 10 nitrogen and oxygen atoms in total. The van der Waals surface area contributed by atoms with E-state index in [9.17, 15) is 9.90 Å². The van der Waals surface area contributed by atoms with Crippen molar-refractivity contribution < 1.29 is 5.11 Å². The third kappa shape index (κ3) is 5.53. The van der Waals surface area contributed by atoms with E-state index in [-0.39, 0.29) is 5.56 Å². The number of hydrogen-bond donors (Lipinski definition) is 2. The lowest BCUT2D eigenvalue weighted by atomic mass is 9.71. The van der Waals surface area contributed by atoms with Crippen LogP contribution in [0.25, 0.3) is 16.9 Å². The van der Waals surface area contributed by atoms with E-state index in [4.69, 9.17) is 4.98 Å². The third-order valence-electron chi connectivity index (χ3n) is 9.05. The van der Waals surface area contributed by atoms with Crippen LogP contribution >= 0.6 is 0 Å². The minimum Gasteiger partial charge on any atom is -0.384 e. The Morgan fingerprint density at radius 1 is 0.976 bits per heavy atom. The van der Waals surface area contributed by atoms with Crippen LogP contribution in [0.15, 0.2) is 53.5 Å². The maximum Gasteiger partial charge on any atom is 0.278 e. The molecule has 222 valence electrons. The Morgan fingerprint density at radius 2 is 1.67 bits per heavy atom. The van der Waals surface area contributed by atoms with Gasteiger partial charge in [-0.1, -0.05) is 13.0 Å². The van der Waals surface area contributed by atoms with Gasteiger partial charge in [-0.3, -0.25) is 4.79 Å². The van der Waals surface area contributed by atoms with Crippen LogP contribution in [0.3, 0.4) is 0 Å². The SMILES string of the molecule is CCCn1c(=O)c2cnc(Nc3ccc(N4CCC5(CCN(C)CC5)CC4)cc3)nc2n1-c1cccc(C(C)(C)O)n1. The number of likely N-dealkylation sites (tertiary alicyclic amines) is 1. The molecule has 42 heavy (non-hydrogen) atoms. The number of nitrogens with one attached hydrogen (secondary N) is 1. The lowest BCUT2D eigenvalue weighted by molar-refractivity contribution is 0.0738. The van der Waals surface area contributed by atoms with Crippen LogP contribution in [-0.2, 0) is 12.1 Å². The van der Waals surface area contributed by atoms with Crippen molar-refractivity contribution in [2.24, 2.45) is 5.41 Å². The van der Waals surface area contributed by atoms with Crippen molar-refractivity contribution in [1.29, 1.82) is 0 Å². The number of fused-ring (bicyclic) bond motifs is 1. The van der Waals surface area contributed by atoms with Crippen molar-refractivity contribution in [3.8, 4) is 5.82 Å². The summed E-state index contributed by atoms with van der Waals surface area (Å²) in [5.41, 5.74) is 2.35. The van der Waals surface area contributed by atoms with Crippen molar-refractivity contribution in [1.82, 2.24) is 29.2 Å². The number of aromatic nitrogens is 5. The Labute approximate surface area is 247 Å². The average Bonchev–Trinajstić information content (AvgIpc) is 3.26. The van der Waals surface area contributed by atoms with Crippen molar-refractivity contribution in [2.45, 2.75) is 65.0 Å². The first-order valence-corrected chi connectivity index (χ1v) is 15.2. The zero-order valence-corrected chi connectivity index (χ0v) is 25.2. The number of hydrogen-bond acceptors (Lipinski definition) is 8. The number of anilines is 3. The summed E-state index contributed by atoms with van der Waals surface area (Å²) >= 11 is 0. The van der Waals surface area contributed by atoms with Gasteiger partial charge < -0.3 is 20.2 Å². The summed E-state index contributed by atoms with van der Waals surface area (Å²) in [5, 5.41) is 14.3. The summed E-state index contributed by atoms with van der Waals surface area (Å²) < 4.78 is 3.38. The minimum atomic E-state index is -1.12. The fourth-order valence-corrected chi connectivity index (χ4v) is 6.33. The molecule has 1 aromatic carbocycles. The number of nitrogens with zero attached hydrogens (tertiary/aromatic N) is 7. The molecular weight excluding hydrogens is 528 g/mol. The quantitative estimate of drug-likeness (QED) is 0.330. The molecule has 1 spiro atoms. The molecule has 4 aromatic rings. The summed E-state index contributed by atoms with van der Waals surface area (Å²) in [6.45, 7) is 10.6. The molecule has 0 unspecified atom stereocenters. The number of piperidine rings is 2. The Kier molecular flexibility index (Phi) is 7.53. The minimum absolute atomic E-state index is 0.165. The van der Waals surface area contributed by atoms with E-state index in [1.807, 2.05) is 19.1 Å². The predicted octanol–water partition coefficient (Wildman–Crippen LogP) is 4.67. The predicted molar refractivity (Wildman–Crippen MR) is 167 cm³/mol. The first-order valence-electron chi connectivity index (χ1n) is 15.2. The molecule has 0 amide bonds. The molecule has 0 radical (unpaired) electrons. The van der Waals surface area contributed by atoms with Gasteiger partial charge in [0.05, 0.1) is 5.69 Å². The second-order valence-electron chi connectivity index (χ2n) is 12.6. The maximum atomic E-state index is 13.3. The van der Waals surface area contributed by atoms with E-state index in [0.717, 1.165) is 25.2 Å². The van der Waals surface area contributed by atoms with Gasteiger partial charge in [0, 0.05) is 37.2 Å². The summed E-state index contributed by atoms with van der Waals surface area (Å²) in [6.07, 6.45) is 7.52. The highest BCUT2D eigenvalue weighted by Gasteiger charge is 2.36. The molecule has 0 aliphatic carbocycles. The largest absolute Gasteiger partial charge is 0.384 e. The van der Waals surface area contributed by atoms with Crippen LogP contribution in [-0.4, -0.2) is 67.5 Å². The van der Waals surface area contributed by atoms with Crippen LogP contribution in [0.2, 0.25) is 0 Å². The van der Waals surface area contributed by atoms with Gasteiger partial charge in [-0.2, -0.15) is 4.98 Å².